The average Bonchev–Trinajstić information content (AvgIpc) is 2.98. The van der Waals surface area contributed by atoms with Crippen molar-refractivity contribution in [3.8, 4) is 0 Å². The summed E-state index contributed by atoms with van der Waals surface area (Å²) in [5.74, 6) is -1.32. The molecule has 4 rings (SSSR count). The zero-order valence-corrected chi connectivity index (χ0v) is 18.0. The summed E-state index contributed by atoms with van der Waals surface area (Å²) in [4.78, 5) is 54.8. The molecule has 2 aliphatic heterocycles. The Bertz CT molecular complexity index is 850. The fraction of sp³-hybridized carbons (Fsp3) is 0.565. The molecule has 0 radical (unpaired) electrons. The first-order valence-electron chi connectivity index (χ1n) is 11.2. The standard InChI is InChI=1S/C23H30N4O4/c1-16-7-5-6-10-19(16)27-22(30)21(29)26(23(27)31)15-25-13-11-17(12-14-25)20(28)24-18-8-3-2-4-9-18/h2-4,8-9,16-17,19H,5-7,10-15H2,1H3,(H,24,28)/t16-,19+/m1/s1. The van der Waals surface area contributed by atoms with E-state index in [1.807, 2.05) is 42.2 Å². The van der Waals surface area contributed by atoms with E-state index in [1.54, 1.807) is 0 Å². The number of imide groups is 2. The first-order valence-corrected chi connectivity index (χ1v) is 11.2. The molecule has 31 heavy (non-hydrogen) atoms. The first-order chi connectivity index (χ1) is 15.0. The van der Waals surface area contributed by atoms with E-state index in [4.69, 9.17) is 0 Å². The highest BCUT2D eigenvalue weighted by molar-refractivity contribution is 6.44. The van der Waals surface area contributed by atoms with Gasteiger partial charge in [0.2, 0.25) is 5.91 Å². The van der Waals surface area contributed by atoms with Crippen LogP contribution in [0.1, 0.15) is 45.4 Å². The van der Waals surface area contributed by atoms with Gasteiger partial charge in [0, 0.05) is 30.7 Å². The van der Waals surface area contributed by atoms with E-state index in [2.05, 4.69) is 5.32 Å². The third kappa shape index (κ3) is 4.49. The van der Waals surface area contributed by atoms with Crippen LogP contribution in [0.5, 0.6) is 0 Å². The van der Waals surface area contributed by atoms with Gasteiger partial charge in [-0.1, -0.05) is 38.0 Å². The number of benzene rings is 1. The second-order valence-electron chi connectivity index (χ2n) is 8.91. The maximum Gasteiger partial charge on any atom is 0.335 e. The summed E-state index contributed by atoms with van der Waals surface area (Å²) in [6.07, 6.45) is 5.09. The molecule has 1 aromatic carbocycles. The maximum atomic E-state index is 12.9. The van der Waals surface area contributed by atoms with Gasteiger partial charge in [-0.25, -0.2) is 9.69 Å². The van der Waals surface area contributed by atoms with Crippen molar-refractivity contribution in [2.45, 2.75) is 51.5 Å². The van der Waals surface area contributed by atoms with Crippen LogP contribution in [0.4, 0.5) is 10.5 Å². The number of piperidine rings is 1. The van der Waals surface area contributed by atoms with E-state index in [0.29, 0.717) is 25.9 Å². The number of likely N-dealkylation sites (tertiary alicyclic amines) is 1. The van der Waals surface area contributed by atoms with Crippen LogP contribution in [-0.2, 0) is 14.4 Å². The highest BCUT2D eigenvalue weighted by Crippen LogP contribution is 2.31. The molecule has 8 nitrogen and oxygen atoms in total. The smallest absolute Gasteiger partial charge is 0.326 e. The molecule has 2 atom stereocenters. The fourth-order valence-electron chi connectivity index (χ4n) is 4.92. The quantitative estimate of drug-likeness (QED) is 0.578. The summed E-state index contributed by atoms with van der Waals surface area (Å²) in [5, 5.41) is 2.94. The van der Waals surface area contributed by atoms with Gasteiger partial charge in [0.25, 0.3) is 0 Å². The molecule has 1 N–H and O–H groups in total. The SMILES string of the molecule is C[C@@H]1CCCC[C@@H]1N1C(=O)C(=O)N(CN2CCC(C(=O)Nc3ccccc3)CC2)C1=O. The van der Waals surface area contributed by atoms with Crippen LogP contribution >= 0.6 is 0 Å². The number of rotatable bonds is 5. The number of nitrogens with one attached hydrogen (secondary N) is 1. The van der Waals surface area contributed by atoms with Crippen LogP contribution in [0.15, 0.2) is 30.3 Å². The lowest BCUT2D eigenvalue weighted by atomic mass is 9.85. The van der Waals surface area contributed by atoms with E-state index in [0.717, 1.165) is 36.3 Å². The van der Waals surface area contributed by atoms with Crippen molar-refractivity contribution in [3.05, 3.63) is 30.3 Å². The average molecular weight is 427 g/mol. The summed E-state index contributed by atoms with van der Waals surface area (Å²) in [6, 6.07) is 8.69. The molecule has 3 fully saturated rings. The van der Waals surface area contributed by atoms with Crippen molar-refractivity contribution >= 4 is 29.4 Å². The molecule has 0 unspecified atom stereocenters. The van der Waals surface area contributed by atoms with Crippen molar-refractivity contribution < 1.29 is 19.2 Å². The molecule has 0 spiro atoms. The van der Waals surface area contributed by atoms with E-state index in [-0.39, 0.29) is 30.5 Å². The summed E-state index contributed by atoms with van der Waals surface area (Å²) < 4.78 is 0. The van der Waals surface area contributed by atoms with Gasteiger partial charge < -0.3 is 5.32 Å². The zero-order chi connectivity index (χ0) is 22.0. The van der Waals surface area contributed by atoms with Crippen LogP contribution in [0, 0.1) is 11.8 Å². The van der Waals surface area contributed by atoms with Gasteiger partial charge in [0.15, 0.2) is 0 Å². The topological polar surface area (TPSA) is 90.0 Å². The minimum atomic E-state index is -0.730. The number of carbonyl (C=O) groups excluding carboxylic acids is 4. The highest BCUT2D eigenvalue weighted by atomic mass is 16.2. The van der Waals surface area contributed by atoms with Crippen molar-refractivity contribution in [1.82, 2.24) is 14.7 Å². The van der Waals surface area contributed by atoms with E-state index >= 15 is 0 Å². The molecule has 2 heterocycles. The van der Waals surface area contributed by atoms with E-state index < -0.39 is 17.8 Å². The van der Waals surface area contributed by atoms with E-state index in [9.17, 15) is 19.2 Å². The summed E-state index contributed by atoms with van der Waals surface area (Å²) in [5.41, 5.74) is 0.777. The van der Waals surface area contributed by atoms with Crippen molar-refractivity contribution in [2.24, 2.45) is 11.8 Å². The first kappa shape index (κ1) is 21.5. The molecular weight excluding hydrogens is 396 g/mol. The lowest BCUT2D eigenvalue weighted by molar-refractivity contribution is -0.145. The summed E-state index contributed by atoms with van der Waals surface area (Å²) in [7, 11) is 0. The normalized spacial score (nSPS) is 25.9. The number of hydrogen-bond donors (Lipinski definition) is 1. The van der Waals surface area contributed by atoms with Crippen molar-refractivity contribution in [3.63, 3.8) is 0 Å². The summed E-state index contributed by atoms with van der Waals surface area (Å²) in [6.45, 7) is 3.34. The fourth-order valence-corrected chi connectivity index (χ4v) is 4.92. The predicted octanol–water partition coefficient (Wildman–Crippen LogP) is 2.66. The monoisotopic (exact) mass is 426 g/mol. The van der Waals surface area contributed by atoms with Gasteiger partial charge >= 0.3 is 17.8 Å². The second-order valence-corrected chi connectivity index (χ2v) is 8.91. The number of para-hydroxylation sites is 1. The Kier molecular flexibility index (Phi) is 6.36. The minimum absolute atomic E-state index is 0.00758. The third-order valence-corrected chi connectivity index (χ3v) is 6.82. The maximum absolute atomic E-state index is 12.9. The predicted molar refractivity (Wildman–Crippen MR) is 115 cm³/mol. The third-order valence-electron chi connectivity index (χ3n) is 6.82. The molecule has 3 aliphatic rings. The number of nitrogens with zero attached hydrogens (tertiary/aromatic N) is 3. The van der Waals surface area contributed by atoms with Gasteiger partial charge in [0.05, 0.1) is 6.67 Å². The molecule has 8 heteroatoms. The lowest BCUT2D eigenvalue weighted by Crippen LogP contribution is -2.48. The molecule has 166 valence electrons. The van der Waals surface area contributed by atoms with Gasteiger partial charge in [-0.2, -0.15) is 0 Å². The molecular formula is C23H30N4O4. The molecule has 2 saturated heterocycles. The Labute approximate surface area is 182 Å². The van der Waals surface area contributed by atoms with Crippen LogP contribution in [0.2, 0.25) is 0 Å². The van der Waals surface area contributed by atoms with Crippen LogP contribution in [-0.4, -0.2) is 64.3 Å². The van der Waals surface area contributed by atoms with Crippen molar-refractivity contribution in [2.75, 3.05) is 25.1 Å². The summed E-state index contributed by atoms with van der Waals surface area (Å²) >= 11 is 0. The largest absolute Gasteiger partial charge is 0.335 e. The Hall–Kier alpha value is -2.74. The van der Waals surface area contributed by atoms with Crippen LogP contribution in [0.3, 0.4) is 0 Å². The van der Waals surface area contributed by atoms with Gasteiger partial charge in [0.1, 0.15) is 0 Å². The molecule has 0 bridgehead atoms. The van der Waals surface area contributed by atoms with Gasteiger partial charge in [-0.05, 0) is 43.7 Å². The highest BCUT2D eigenvalue weighted by Gasteiger charge is 2.49. The Morgan fingerprint density at radius 3 is 2.32 bits per heavy atom. The van der Waals surface area contributed by atoms with Crippen LogP contribution < -0.4 is 5.32 Å². The van der Waals surface area contributed by atoms with Crippen molar-refractivity contribution in [1.29, 1.82) is 0 Å². The zero-order valence-electron chi connectivity index (χ0n) is 18.0. The second kappa shape index (κ2) is 9.18. The Morgan fingerprint density at radius 2 is 1.65 bits per heavy atom. The minimum Gasteiger partial charge on any atom is -0.326 e. The van der Waals surface area contributed by atoms with Crippen LogP contribution in [0.25, 0.3) is 0 Å². The van der Waals surface area contributed by atoms with Gasteiger partial charge in [-0.15, -0.1) is 0 Å². The molecule has 1 saturated carbocycles. The molecule has 1 aromatic rings. The number of carbonyl (C=O) groups is 4. The Morgan fingerprint density at radius 1 is 0.968 bits per heavy atom. The Balaban J connectivity index is 1.32. The van der Waals surface area contributed by atoms with E-state index in [1.165, 1.54) is 4.90 Å². The number of anilines is 1. The molecule has 0 aromatic heterocycles. The molecule has 1 aliphatic carbocycles. The number of amides is 5. The van der Waals surface area contributed by atoms with Gasteiger partial charge in [-0.3, -0.25) is 24.2 Å². The molecule has 5 amide bonds. The number of hydrogen-bond acceptors (Lipinski definition) is 5. The number of urea groups is 1. The lowest BCUT2D eigenvalue weighted by Gasteiger charge is -2.35.